The summed E-state index contributed by atoms with van der Waals surface area (Å²) in [5, 5.41) is 3.39. The maximum Gasteiger partial charge on any atom is 0.301 e. The van der Waals surface area contributed by atoms with Gasteiger partial charge in [-0.05, 0) is 6.42 Å². The summed E-state index contributed by atoms with van der Waals surface area (Å²) in [5.74, 6) is 0. The number of rotatable bonds is 3. The highest BCUT2D eigenvalue weighted by Crippen LogP contribution is 2.15. The van der Waals surface area contributed by atoms with Crippen molar-refractivity contribution in [3.8, 4) is 0 Å². The van der Waals surface area contributed by atoms with E-state index in [1.807, 2.05) is 0 Å². The van der Waals surface area contributed by atoms with Crippen LogP contribution in [-0.2, 0) is 10.2 Å². The van der Waals surface area contributed by atoms with Crippen molar-refractivity contribution in [3.05, 3.63) is 12.5 Å². The first-order chi connectivity index (χ1) is 6.18. The van der Waals surface area contributed by atoms with Crippen LogP contribution in [0.3, 0.4) is 0 Å². The predicted octanol–water partition coefficient (Wildman–Crippen LogP) is 0.0370. The second kappa shape index (κ2) is 3.00. The fourth-order valence-electron chi connectivity index (χ4n) is 0.996. The van der Waals surface area contributed by atoms with Crippen LogP contribution in [-0.4, -0.2) is 31.0 Å². The summed E-state index contributed by atoms with van der Waals surface area (Å²) >= 11 is 0. The lowest BCUT2D eigenvalue weighted by atomic mass is 10.3. The Morgan fingerprint density at radius 3 is 2.77 bits per heavy atom. The first-order valence-corrected chi connectivity index (χ1v) is 5.30. The predicted molar refractivity (Wildman–Crippen MR) is 45.2 cm³/mol. The van der Waals surface area contributed by atoms with Gasteiger partial charge in [-0.15, -0.1) is 0 Å². The fraction of sp³-hybridized carbons (Fsp3) is 0.500. The Hall–Kier alpha value is -1.08. The molecule has 1 aliphatic rings. The minimum Gasteiger partial charge on any atom is -0.362 e. The molecule has 1 aromatic rings. The van der Waals surface area contributed by atoms with Gasteiger partial charge in [-0.1, -0.05) is 5.16 Å². The van der Waals surface area contributed by atoms with E-state index in [2.05, 4.69) is 14.4 Å². The van der Waals surface area contributed by atoms with Gasteiger partial charge in [-0.25, -0.2) is 0 Å². The highest BCUT2D eigenvalue weighted by atomic mass is 32.2. The van der Waals surface area contributed by atoms with Gasteiger partial charge in [-0.2, -0.15) is 12.7 Å². The van der Waals surface area contributed by atoms with Gasteiger partial charge in [0.1, 0.15) is 12.0 Å². The van der Waals surface area contributed by atoms with Crippen LogP contribution in [0.2, 0.25) is 0 Å². The van der Waals surface area contributed by atoms with E-state index in [0.29, 0.717) is 18.8 Å². The Morgan fingerprint density at radius 1 is 1.54 bits per heavy atom. The lowest BCUT2D eigenvalue weighted by molar-refractivity contribution is 0.311. The second-order valence-electron chi connectivity index (χ2n) is 2.77. The number of anilines is 1. The highest BCUT2D eigenvalue weighted by Gasteiger charge is 2.27. The Morgan fingerprint density at radius 2 is 2.31 bits per heavy atom. The van der Waals surface area contributed by atoms with Crippen molar-refractivity contribution in [1.29, 1.82) is 0 Å². The van der Waals surface area contributed by atoms with Crippen molar-refractivity contribution >= 4 is 15.9 Å². The average molecular weight is 203 g/mol. The molecule has 0 bridgehead atoms. The first kappa shape index (κ1) is 8.52. The van der Waals surface area contributed by atoms with E-state index in [9.17, 15) is 8.42 Å². The molecule has 0 saturated carbocycles. The lowest BCUT2D eigenvalue weighted by Gasteiger charge is -2.29. The lowest BCUT2D eigenvalue weighted by Crippen LogP contribution is -2.44. The SMILES string of the molecule is O=S(=O)(Nc1cnoc1)N1CCC1. The van der Waals surface area contributed by atoms with Gasteiger partial charge in [0, 0.05) is 13.1 Å². The molecule has 0 atom stereocenters. The molecule has 0 amide bonds. The maximum absolute atomic E-state index is 11.4. The maximum atomic E-state index is 11.4. The van der Waals surface area contributed by atoms with E-state index < -0.39 is 10.2 Å². The molecule has 0 aromatic carbocycles. The van der Waals surface area contributed by atoms with E-state index in [-0.39, 0.29) is 0 Å². The molecule has 0 aliphatic carbocycles. The van der Waals surface area contributed by atoms with Crippen LogP contribution in [0.4, 0.5) is 5.69 Å². The minimum absolute atomic E-state index is 0.354. The molecular formula is C6H9N3O3S. The Labute approximate surface area is 75.7 Å². The fourth-order valence-corrected chi connectivity index (χ4v) is 2.26. The second-order valence-corrected chi connectivity index (χ2v) is 4.44. The third-order valence-electron chi connectivity index (χ3n) is 1.83. The van der Waals surface area contributed by atoms with Crippen LogP contribution < -0.4 is 4.72 Å². The Kier molecular flexibility index (Phi) is 1.97. The molecule has 13 heavy (non-hydrogen) atoms. The molecule has 7 heteroatoms. The van der Waals surface area contributed by atoms with Crippen molar-refractivity contribution in [3.63, 3.8) is 0 Å². The van der Waals surface area contributed by atoms with Crippen LogP contribution in [0.25, 0.3) is 0 Å². The van der Waals surface area contributed by atoms with Gasteiger partial charge < -0.3 is 4.52 Å². The zero-order valence-corrected chi connectivity index (χ0v) is 7.62. The van der Waals surface area contributed by atoms with Crippen molar-refractivity contribution < 1.29 is 12.9 Å². The normalized spacial score (nSPS) is 18.2. The van der Waals surface area contributed by atoms with E-state index in [1.165, 1.54) is 16.8 Å². The molecule has 2 rings (SSSR count). The largest absolute Gasteiger partial charge is 0.362 e. The number of hydrogen-bond donors (Lipinski definition) is 1. The van der Waals surface area contributed by atoms with Gasteiger partial charge in [0.2, 0.25) is 0 Å². The molecule has 1 aliphatic heterocycles. The van der Waals surface area contributed by atoms with E-state index in [4.69, 9.17) is 0 Å². The average Bonchev–Trinajstić information content (AvgIpc) is 2.32. The van der Waals surface area contributed by atoms with Crippen LogP contribution in [0.15, 0.2) is 17.0 Å². The third kappa shape index (κ3) is 1.65. The molecule has 1 N–H and O–H groups in total. The standard InChI is InChI=1S/C6H9N3O3S/c10-13(11,9-2-1-3-9)8-6-4-7-12-5-6/h4-5,8H,1-3H2. The van der Waals surface area contributed by atoms with Gasteiger partial charge in [0.25, 0.3) is 0 Å². The minimum atomic E-state index is -3.36. The van der Waals surface area contributed by atoms with E-state index in [0.717, 1.165) is 6.42 Å². The van der Waals surface area contributed by atoms with Gasteiger partial charge >= 0.3 is 10.2 Å². The molecule has 2 heterocycles. The smallest absolute Gasteiger partial charge is 0.301 e. The monoisotopic (exact) mass is 203 g/mol. The molecule has 6 nitrogen and oxygen atoms in total. The molecule has 1 fully saturated rings. The summed E-state index contributed by atoms with van der Waals surface area (Å²) in [6, 6.07) is 0. The van der Waals surface area contributed by atoms with Crippen LogP contribution >= 0.6 is 0 Å². The van der Waals surface area contributed by atoms with Crippen molar-refractivity contribution in [2.75, 3.05) is 17.8 Å². The number of hydrogen-bond acceptors (Lipinski definition) is 4. The van der Waals surface area contributed by atoms with Crippen molar-refractivity contribution in [2.45, 2.75) is 6.42 Å². The van der Waals surface area contributed by atoms with Crippen molar-refractivity contribution in [2.24, 2.45) is 0 Å². The summed E-state index contributed by atoms with van der Waals surface area (Å²) in [4.78, 5) is 0. The zero-order chi connectivity index (χ0) is 9.31. The Bertz CT molecular complexity index is 368. The summed E-state index contributed by atoms with van der Waals surface area (Å²) in [6.45, 7) is 1.17. The van der Waals surface area contributed by atoms with E-state index >= 15 is 0 Å². The van der Waals surface area contributed by atoms with Crippen LogP contribution in [0.5, 0.6) is 0 Å². The summed E-state index contributed by atoms with van der Waals surface area (Å²) in [7, 11) is -3.36. The molecule has 72 valence electrons. The summed E-state index contributed by atoms with van der Waals surface area (Å²) in [5.41, 5.74) is 0.354. The number of nitrogens with zero attached hydrogens (tertiary/aromatic N) is 2. The zero-order valence-electron chi connectivity index (χ0n) is 6.80. The highest BCUT2D eigenvalue weighted by molar-refractivity contribution is 7.90. The molecule has 0 unspecified atom stereocenters. The van der Waals surface area contributed by atoms with Gasteiger partial charge in [0.05, 0.1) is 6.20 Å². The van der Waals surface area contributed by atoms with Gasteiger partial charge in [-0.3, -0.25) is 4.72 Å². The Balaban J connectivity index is 2.08. The quantitative estimate of drug-likeness (QED) is 0.752. The molecular weight excluding hydrogens is 194 g/mol. The molecule has 1 aromatic heterocycles. The van der Waals surface area contributed by atoms with Crippen LogP contribution in [0.1, 0.15) is 6.42 Å². The molecule has 1 saturated heterocycles. The third-order valence-corrected chi connectivity index (χ3v) is 3.37. The summed E-state index contributed by atoms with van der Waals surface area (Å²) < 4.78 is 31.1. The molecule has 0 radical (unpaired) electrons. The first-order valence-electron chi connectivity index (χ1n) is 3.86. The molecule has 0 spiro atoms. The number of aromatic nitrogens is 1. The number of nitrogens with one attached hydrogen (secondary N) is 1. The van der Waals surface area contributed by atoms with Gasteiger partial charge in [0.15, 0.2) is 0 Å². The summed E-state index contributed by atoms with van der Waals surface area (Å²) in [6.07, 6.45) is 3.49. The van der Waals surface area contributed by atoms with E-state index in [1.54, 1.807) is 0 Å². The van der Waals surface area contributed by atoms with Crippen LogP contribution in [0, 0.1) is 0 Å². The topological polar surface area (TPSA) is 75.4 Å². The van der Waals surface area contributed by atoms with Crippen molar-refractivity contribution in [1.82, 2.24) is 9.46 Å².